The Hall–Kier alpha value is -2.60. The number of morpholine rings is 1. The molecule has 1 N–H and O–H groups in total. The fourth-order valence-corrected chi connectivity index (χ4v) is 3.15. The molecule has 6 heteroatoms. The van der Waals surface area contributed by atoms with E-state index in [4.69, 9.17) is 14.8 Å². The van der Waals surface area contributed by atoms with E-state index in [9.17, 15) is 0 Å². The number of ether oxygens (including phenoxy) is 1. The Labute approximate surface area is 153 Å². The molecule has 0 amide bonds. The Kier molecular flexibility index (Phi) is 4.28. The zero-order valence-electron chi connectivity index (χ0n) is 15.6. The first-order chi connectivity index (χ1) is 12.5. The van der Waals surface area contributed by atoms with Crippen molar-refractivity contribution in [2.45, 2.75) is 26.3 Å². The molecule has 3 aromatic rings. The number of hydrogen-bond acceptors (Lipinski definition) is 5. The van der Waals surface area contributed by atoms with Gasteiger partial charge in [-0.3, -0.25) is 0 Å². The Morgan fingerprint density at radius 3 is 2.42 bits per heavy atom. The van der Waals surface area contributed by atoms with Crippen molar-refractivity contribution in [3.8, 4) is 11.3 Å². The second-order valence-electron chi connectivity index (χ2n) is 7.61. The molecule has 136 valence electrons. The average Bonchev–Trinajstić information content (AvgIpc) is 2.99. The molecular formula is C20H25N5O. The summed E-state index contributed by atoms with van der Waals surface area (Å²) in [7, 11) is 0. The highest BCUT2D eigenvalue weighted by Crippen LogP contribution is 2.31. The van der Waals surface area contributed by atoms with Crippen LogP contribution in [0.2, 0.25) is 0 Å². The van der Waals surface area contributed by atoms with Gasteiger partial charge in [0.05, 0.1) is 13.2 Å². The fraction of sp³-hybridized carbons (Fsp3) is 0.400. The van der Waals surface area contributed by atoms with Crippen molar-refractivity contribution < 1.29 is 4.74 Å². The van der Waals surface area contributed by atoms with E-state index in [2.05, 4.69) is 43.1 Å². The highest BCUT2D eigenvalue weighted by molar-refractivity contribution is 5.76. The summed E-state index contributed by atoms with van der Waals surface area (Å²) < 4.78 is 7.39. The summed E-state index contributed by atoms with van der Waals surface area (Å²) in [6.07, 6.45) is 0. The molecule has 0 bridgehead atoms. The monoisotopic (exact) mass is 351 g/mol. The lowest BCUT2D eigenvalue weighted by atomic mass is 10.1. The van der Waals surface area contributed by atoms with Gasteiger partial charge in [0.1, 0.15) is 11.5 Å². The number of nitrogens with zero attached hydrogens (tertiary/aromatic N) is 4. The first-order valence-electron chi connectivity index (χ1n) is 9.07. The molecule has 26 heavy (non-hydrogen) atoms. The van der Waals surface area contributed by atoms with Crippen LogP contribution in [0.15, 0.2) is 42.5 Å². The number of fused-ring (bicyclic) bond motifs is 1. The van der Waals surface area contributed by atoms with Crippen LogP contribution in [0.3, 0.4) is 0 Å². The molecule has 6 nitrogen and oxygen atoms in total. The van der Waals surface area contributed by atoms with Crippen LogP contribution in [-0.2, 0) is 4.74 Å². The Morgan fingerprint density at radius 1 is 1.00 bits per heavy atom. The summed E-state index contributed by atoms with van der Waals surface area (Å²) in [4.78, 5) is 7.10. The van der Waals surface area contributed by atoms with Crippen molar-refractivity contribution in [1.29, 1.82) is 0 Å². The van der Waals surface area contributed by atoms with Crippen molar-refractivity contribution in [3.63, 3.8) is 0 Å². The van der Waals surface area contributed by atoms with E-state index >= 15 is 0 Å². The summed E-state index contributed by atoms with van der Waals surface area (Å²) in [5.74, 6) is 1.88. The Bertz CT molecular complexity index is 892. The van der Waals surface area contributed by atoms with Crippen LogP contribution in [0.1, 0.15) is 20.8 Å². The summed E-state index contributed by atoms with van der Waals surface area (Å²) in [6, 6.07) is 14.3. The maximum absolute atomic E-state index is 5.46. The predicted molar refractivity (Wildman–Crippen MR) is 105 cm³/mol. The molecule has 0 spiro atoms. The first-order valence-corrected chi connectivity index (χ1v) is 9.07. The van der Waals surface area contributed by atoms with Gasteiger partial charge in [0.2, 0.25) is 0 Å². The highest BCUT2D eigenvalue weighted by atomic mass is 16.5. The molecule has 1 saturated heterocycles. The number of imidazole rings is 1. The molecule has 3 heterocycles. The molecule has 1 aliphatic rings. The van der Waals surface area contributed by atoms with E-state index in [-0.39, 0.29) is 5.54 Å². The molecule has 0 saturated carbocycles. The molecular weight excluding hydrogens is 326 g/mol. The van der Waals surface area contributed by atoms with E-state index in [0.29, 0.717) is 0 Å². The van der Waals surface area contributed by atoms with Gasteiger partial charge in [0.25, 0.3) is 0 Å². The van der Waals surface area contributed by atoms with Gasteiger partial charge < -0.3 is 15.0 Å². The fourth-order valence-electron chi connectivity index (χ4n) is 3.15. The number of nitrogens with one attached hydrogen (secondary N) is 1. The van der Waals surface area contributed by atoms with Gasteiger partial charge in [0.15, 0.2) is 11.5 Å². The molecule has 0 aliphatic carbocycles. The highest BCUT2D eigenvalue weighted by Gasteiger charge is 2.21. The van der Waals surface area contributed by atoms with E-state index in [1.807, 2.05) is 34.8 Å². The summed E-state index contributed by atoms with van der Waals surface area (Å²) in [5, 5.41) is 8.49. The molecule has 2 aromatic heterocycles. The van der Waals surface area contributed by atoms with Crippen molar-refractivity contribution >= 4 is 17.3 Å². The predicted octanol–water partition coefficient (Wildman–Crippen LogP) is 3.44. The van der Waals surface area contributed by atoms with E-state index < -0.39 is 0 Å². The summed E-state index contributed by atoms with van der Waals surface area (Å²) >= 11 is 0. The lowest BCUT2D eigenvalue weighted by molar-refractivity contribution is 0.122. The van der Waals surface area contributed by atoms with Gasteiger partial charge in [-0.25, -0.2) is 4.98 Å². The normalized spacial score (nSPS) is 15.4. The quantitative estimate of drug-likeness (QED) is 0.783. The number of benzene rings is 1. The number of hydrogen-bond donors (Lipinski definition) is 1. The third-order valence-electron chi connectivity index (χ3n) is 4.34. The lowest BCUT2D eigenvalue weighted by Gasteiger charge is -2.28. The van der Waals surface area contributed by atoms with Gasteiger partial charge in [-0.1, -0.05) is 30.3 Å². The second-order valence-corrected chi connectivity index (χ2v) is 7.61. The third kappa shape index (κ3) is 3.37. The van der Waals surface area contributed by atoms with Crippen LogP contribution >= 0.6 is 0 Å². The molecule has 1 aliphatic heterocycles. The smallest absolute Gasteiger partial charge is 0.157 e. The first kappa shape index (κ1) is 16.8. The second kappa shape index (κ2) is 6.61. The minimum Gasteiger partial charge on any atom is -0.378 e. The average molecular weight is 351 g/mol. The largest absolute Gasteiger partial charge is 0.378 e. The van der Waals surface area contributed by atoms with E-state index in [1.165, 1.54) is 0 Å². The zero-order chi connectivity index (χ0) is 18.1. The van der Waals surface area contributed by atoms with Crippen molar-refractivity contribution in [3.05, 3.63) is 42.5 Å². The SMILES string of the molecule is CC(C)(C)Nc1c(-c2ccccc2)nc2ccc(N3CCOCC3)nn12. The molecule has 4 rings (SSSR count). The minimum absolute atomic E-state index is 0.101. The summed E-state index contributed by atoms with van der Waals surface area (Å²) in [6.45, 7) is 9.65. The third-order valence-corrected chi connectivity index (χ3v) is 4.34. The van der Waals surface area contributed by atoms with Crippen LogP contribution in [0.5, 0.6) is 0 Å². The minimum atomic E-state index is -0.101. The standard InChI is InChI=1S/C20H25N5O/c1-20(2,3)22-19-18(15-7-5-4-6-8-15)21-16-9-10-17(23-25(16)19)24-11-13-26-14-12-24/h4-10,22H,11-14H2,1-3H3. The molecule has 1 fully saturated rings. The van der Waals surface area contributed by atoms with E-state index in [1.54, 1.807) is 0 Å². The van der Waals surface area contributed by atoms with Crippen LogP contribution < -0.4 is 10.2 Å². The molecule has 0 unspecified atom stereocenters. The number of aromatic nitrogens is 3. The Balaban J connectivity index is 1.84. The lowest BCUT2D eigenvalue weighted by Crippen LogP contribution is -2.37. The van der Waals surface area contributed by atoms with Gasteiger partial charge in [-0.15, -0.1) is 5.10 Å². The topological polar surface area (TPSA) is 54.7 Å². The molecule has 0 radical (unpaired) electrons. The van der Waals surface area contributed by atoms with Crippen molar-refractivity contribution in [2.75, 3.05) is 36.5 Å². The molecule has 1 aromatic carbocycles. The maximum Gasteiger partial charge on any atom is 0.157 e. The van der Waals surface area contributed by atoms with Gasteiger partial charge in [0, 0.05) is 24.2 Å². The van der Waals surface area contributed by atoms with Crippen molar-refractivity contribution in [1.82, 2.24) is 14.6 Å². The summed E-state index contributed by atoms with van der Waals surface area (Å²) in [5.41, 5.74) is 2.74. The van der Waals surface area contributed by atoms with Crippen LogP contribution in [0, 0.1) is 0 Å². The van der Waals surface area contributed by atoms with E-state index in [0.717, 1.165) is 54.8 Å². The Morgan fingerprint density at radius 2 is 1.73 bits per heavy atom. The number of anilines is 2. The van der Waals surface area contributed by atoms with Crippen LogP contribution in [-0.4, -0.2) is 46.4 Å². The van der Waals surface area contributed by atoms with Crippen LogP contribution in [0.4, 0.5) is 11.6 Å². The maximum atomic E-state index is 5.46. The van der Waals surface area contributed by atoms with Gasteiger partial charge in [-0.05, 0) is 32.9 Å². The number of rotatable bonds is 3. The van der Waals surface area contributed by atoms with Crippen LogP contribution in [0.25, 0.3) is 16.9 Å². The zero-order valence-corrected chi connectivity index (χ0v) is 15.6. The van der Waals surface area contributed by atoms with Gasteiger partial charge >= 0.3 is 0 Å². The molecule has 0 atom stereocenters. The van der Waals surface area contributed by atoms with Gasteiger partial charge in [-0.2, -0.15) is 4.52 Å². The van der Waals surface area contributed by atoms with Crippen molar-refractivity contribution in [2.24, 2.45) is 0 Å².